The zero-order valence-electron chi connectivity index (χ0n) is 16.7. The summed E-state index contributed by atoms with van der Waals surface area (Å²) in [5.74, 6) is 0.694. The van der Waals surface area contributed by atoms with E-state index in [2.05, 4.69) is 4.99 Å². The maximum atomic E-state index is 11.4. The molecule has 4 aromatic rings. The topological polar surface area (TPSA) is 87.3 Å². The van der Waals surface area contributed by atoms with Crippen molar-refractivity contribution < 1.29 is 35.1 Å². The van der Waals surface area contributed by atoms with Crippen molar-refractivity contribution in [1.29, 1.82) is 0 Å². The molecule has 0 saturated carbocycles. The van der Waals surface area contributed by atoms with Crippen LogP contribution in [0, 0.1) is 0 Å². The van der Waals surface area contributed by atoms with Gasteiger partial charge in [0, 0.05) is 22.7 Å². The Morgan fingerprint density at radius 2 is 1.48 bits per heavy atom. The minimum Gasteiger partial charge on any atom is -0.456 e. The van der Waals surface area contributed by atoms with E-state index in [1.54, 1.807) is 18.2 Å². The molecule has 0 radical (unpaired) electrons. The van der Waals surface area contributed by atoms with Crippen LogP contribution in [0.1, 0.15) is 0 Å². The van der Waals surface area contributed by atoms with Gasteiger partial charge in [-0.25, -0.2) is 18.5 Å². The zero-order valence-corrected chi connectivity index (χ0v) is 18.3. The van der Waals surface area contributed by atoms with Crippen molar-refractivity contribution in [2.45, 2.75) is 4.90 Å². The molecule has 3 aromatic carbocycles. The molecule has 0 spiro atoms. The molecule has 0 amide bonds. The largest absolute Gasteiger partial charge is 0.673 e. The summed E-state index contributed by atoms with van der Waals surface area (Å²) in [6, 6.07) is 23.3. The van der Waals surface area contributed by atoms with E-state index >= 15 is 0 Å². The maximum Gasteiger partial charge on any atom is 0.673 e. The highest BCUT2D eigenvalue weighted by atomic mass is 35.5. The third-order valence-corrected chi connectivity index (χ3v) is 5.41. The Morgan fingerprint density at radius 1 is 0.879 bits per heavy atom. The fourth-order valence-corrected chi connectivity index (χ4v) is 3.58. The molecule has 0 bridgehead atoms. The summed E-state index contributed by atoms with van der Waals surface area (Å²) in [5, 5.41) is 7.34. The molecule has 172 valence electrons. The predicted molar refractivity (Wildman–Crippen MR) is 118 cm³/mol. The van der Waals surface area contributed by atoms with Crippen LogP contribution in [0.4, 0.5) is 23.0 Å². The number of rotatable bonds is 3. The van der Waals surface area contributed by atoms with Gasteiger partial charge in [0.05, 0.1) is 16.3 Å². The highest BCUT2D eigenvalue weighted by molar-refractivity contribution is 7.89. The molecule has 0 aliphatic carbocycles. The van der Waals surface area contributed by atoms with Gasteiger partial charge in [-0.3, -0.25) is 0 Å². The van der Waals surface area contributed by atoms with Gasteiger partial charge in [0.15, 0.2) is 0 Å². The van der Waals surface area contributed by atoms with Gasteiger partial charge in [-0.1, -0.05) is 41.9 Å². The number of benzene rings is 3. The molecule has 12 heteroatoms. The summed E-state index contributed by atoms with van der Waals surface area (Å²) in [5.41, 5.74) is 2.32. The van der Waals surface area contributed by atoms with Crippen molar-refractivity contribution in [2.75, 3.05) is 0 Å². The molecule has 5 nitrogen and oxygen atoms in total. The van der Waals surface area contributed by atoms with Gasteiger partial charge in [0.1, 0.15) is 11.3 Å². The van der Waals surface area contributed by atoms with Gasteiger partial charge in [0.25, 0.3) is 0 Å². The van der Waals surface area contributed by atoms with E-state index in [1.807, 2.05) is 48.5 Å². The molecule has 0 unspecified atom stereocenters. The Labute approximate surface area is 191 Å². The minimum atomic E-state index is -6.00. The summed E-state index contributed by atoms with van der Waals surface area (Å²) in [6.45, 7) is 0. The number of sulfonamides is 1. The molecule has 3 N–H and O–H groups in total. The van der Waals surface area contributed by atoms with Crippen molar-refractivity contribution >= 4 is 45.5 Å². The second kappa shape index (κ2) is 9.78. The fraction of sp³-hybridized carbons (Fsp3) is 0. The molecule has 4 rings (SSSR count). The molecule has 0 saturated heterocycles. The molecule has 0 aliphatic heterocycles. The number of nitrogens with one attached hydrogen (secondary N) is 1. The molecule has 1 heterocycles. The van der Waals surface area contributed by atoms with E-state index in [9.17, 15) is 25.7 Å². The van der Waals surface area contributed by atoms with E-state index in [-0.39, 0.29) is 4.90 Å². The second-order valence-electron chi connectivity index (χ2n) is 6.72. The van der Waals surface area contributed by atoms with Crippen molar-refractivity contribution in [2.24, 2.45) is 5.14 Å². The first-order chi connectivity index (χ1) is 15.4. The summed E-state index contributed by atoms with van der Waals surface area (Å²) in [4.78, 5) is 3.36. The average molecular weight is 499 g/mol. The van der Waals surface area contributed by atoms with Crippen molar-refractivity contribution in [3.8, 4) is 11.3 Å². The first kappa shape index (κ1) is 24.5. The van der Waals surface area contributed by atoms with Crippen molar-refractivity contribution in [1.82, 2.24) is 0 Å². The third-order valence-electron chi connectivity index (χ3n) is 4.25. The van der Waals surface area contributed by atoms with Crippen LogP contribution in [0.25, 0.3) is 22.3 Å². The average Bonchev–Trinajstić information content (AvgIpc) is 2.73. The number of hydrogen-bond donors (Lipinski definition) is 2. The summed E-state index contributed by atoms with van der Waals surface area (Å²) >= 11 is 6.17. The Morgan fingerprint density at radius 3 is 2.06 bits per heavy atom. The lowest BCUT2D eigenvalue weighted by atomic mass is 10.1. The van der Waals surface area contributed by atoms with E-state index in [1.165, 1.54) is 12.1 Å². The van der Waals surface area contributed by atoms with Crippen LogP contribution in [-0.4, -0.2) is 15.7 Å². The standard InChI is InChI=1S/C21H15ClN2O3S.BF4/c22-15-6-11-20-18(12-15)19(13-21(27-20)14-4-2-1-3-5-14)24-16-7-9-17(10-8-16)28(23,25)26;2-1(3,4)5/h1-13H,(H2,23,25,26);/q;-1/p+1. The van der Waals surface area contributed by atoms with Crippen LogP contribution >= 0.6 is 11.6 Å². The van der Waals surface area contributed by atoms with Gasteiger partial charge in [-0.2, -0.15) is 0 Å². The Kier molecular flexibility index (Phi) is 7.26. The Hall–Kier alpha value is -3.15. The van der Waals surface area contributed by atoms with E-state index in [0.29, 0.717) is 22.1 Å². The molecule has 33 heavy (non-hydrogen) atoms. The van der Waals surface area contributed by atoms with Crippen LogP contribution in [0.5, 0.6) is 0 Å². The molecular formula is C21H16BClF4N2O3S. The first-order valence-electron chi connectivity index (χ1n) is 9.29. The maximum absolute atomic E-state index is 11.4. The SMILES string of the molecule is F[B-](F)(F)F.NS(=O)(=O)c1ccc([NH+]=c2cc(-c3ccccc3)oc3ccc(Cl)cc23)cc1. The number of hydrogen-bond acceptors (Lipinski definition) is 3. The Bertz CT molecular complexity index is 1440. The third kappa shape index (κ3) is 7.17. The first-order valence-corrected chi connectivity index (χ1v) is 11.2. The highest BCUT2D eigenvalue weighted by Crippen LogP contribution is 2.23. The van der Waals surface area contributed by atoms with Crippen molar-refractivity contribution in [3.63, 3.8) is 0 Å². The predicted octanol–water partition coefficient (Wildman–Crippen LogP) is 4.01. The van der Waals surface area contributed by atoms with Gasteiger partial charge < -0.3 is 21.7 Å². The van der Waals surface area contributed by atoms with Crippen LogP contribution in [0.15, 0.2) is 88.2 Å². The smallest absolute Gasteiger partial charge is 0.456 e. The zero-order chi connectivity index (χ0) is 24.2. The summed E-state index contributed by atoms with van der Waals surface area (Å²) in [7, 11) is -9.74. The van der Waals surface area contributed by atoms with Crippen LogP contribution in [0.3, 0.4) is 0 Å². The normalized spacial score (nSPS) is 12.4. The van der Waals surface area contributed by atoms with Gasteiger partial charge >= 0.3 is 7.25 Å². The lowest BCUT2D eigenvalue weighted by molar-refractivity contribution is -0.400. The number of primary sulfonamides is 1. The molecule has 0 atom stereocenters. The van der Waals surface area contributed by atoms with E-state index in [4.69, 9.17) is 21.2 Å². The molecular weight excluding hydrogens is 483 g/mol. The van der Waals surface area contributed by atoms with Crippen LogP contribution in [-0.2, 0) is 10.0 Å². The Balaban J connectivity index is 0.000000555. The van der Waals surface area contributed by atoms with E-state index < -0.39 is 17.3 Å². The number of nitrogens with two attached hydrogens (primary N) is 1. The summed E-state index contributed by atoms with van der Waals surface area (Å²) < 4.78 is 67.9. The lowest BCUT2D eigenvalue weighted by Crippen LogP contribution is -2.70. The molecule has 1 aromatic heterocycles. The van der Waals surface area contributed by atoms with Crippen LogP contribution < -0.4 is 15.5 Å². The molecule has 0 fully saturated rings. The molecule has 0 aliphatic rings. The van der Waals surface area contributed by atoms with Gasteiger partial charge in [-0.05, 0) is 30.3 Å². The fourth-order valence-electron chi connectivity index (χ4n) is 2.89. The van der Waals surface area contributed by atoms with E-state index in [0.717, 1.165) is 16.3 Å². The minimum absolute atomic E-state index is 0.0546. The van der Waals surface area contributed by atoms with Gasteiger partial charge in [-0.15, -0.1) is 0 Å². The summed E-state index contributed by atoms with van der Waals surface area (Å²) in [6.07, 6.45) is 0. The second-order valence-corrected chi connectivity index (χ2v) is 8.72. The van der Waals surface area contributed by atoms with Crippen LogP contribution in [0.2, 0.25) is 5.02 Å². The number of halogens is 5. The van der Waals surface area contributed by atoms with Crippen molar-refractivity contribution in [3.05, 3.63) is 89.2 Å². The number of fused-ring (bicyclic) bond motifs is 1. The van der Waals surface area contributed by atoms with Gasteiger partial charge in [0.2, 0.25) is 21.1 Å². The quantitative estimate of drug-likeness (QED) is 0.330. The highest BCUT2D eigenvalue weighted by Gasteiger charge is 2.20. The monoisotopic (exact) mass is 498 g/mol. The lowest BCUT2D eigenvalue weighted by Gasteiger charge is -2.03.